The lowest BCUT2D eigenvalue weighted by Crippen LogP contribution is -2.27. The van der Waals surface area contributed by atoms with Gasteiger partial charge in [0.25, 0.3) is 0 Å². The number of methoxy groups -OCH3 is 2. The average molecular weight is 279 g/mol. The number of nitrogens with one attached hydrogen (secondary N) is 1. The van der Waals surface area contributed by atoms with Crippen molar-refractivity contribution in [3.63, 3.8) is 0 Å². The number of anilines is 1. The van der Waals surface area contributed by atoms with Crippen molar-refractivity contribution >= 4 is 5.82 Å². The number of hydrogen-bond acceptors (Lipinski definition) is 5. The second-order valence-electron chi connectivity index (χ2n) is 5.18. The van der Waals surface area contributed by atoms with Gasteiger partial charge in [0.1, 0.15) is 18.0 Å². The maximum atomic E-state index is 5.48. The fraction of sp³-hybridized carbons (Fsp3) is 0.667. The van der Waals surface area contributed by atoms with Crippen LogP contribution in [0.3, 0.4) is 0 Å². The molecule has 0 aromatic carbocycles. The molecule has 1 aromatic heterocycles. The summed E-state index contributed by atoms with van der Waals surface area (Å²) in [6, 6.07) is 4.55. The lowest BCUT2D eigenvalue weighted by atomic mass is 10.1. The van der Waals surface area contributed by atoms with Crippen molar-refractivity contribution in [3.05, 3.63) is 23.9 Å². The van der Waals surface area contributed by atoms with Crippen LogP contribution in [0.4, 0.5) is 5.82 Å². The average Bonchev–Trinajstić information content (AvgIpc) is 2.91. The number of hydrogen-bond donors (Lipinski definition) is 1. The summed E-state index contributed by atoms with van der Waals surface area (Å²) in [6.45, 7) is 6.89. The van der Waals surface area contributed by atoms with Crippen molar-refractivity contribution in [3.8, 4) is 0 Å². The molecule has 2 heterocycles. The Hall–Kier alpha value is -1.17. The van der Waals surface area contributed by atoms with Crippen molar-refractivity contribution < 1.29 is 9.47 Å². The third-order valence-electron chi connectivity index (χ3n) is 3.92. The van der Waals surface area contributed by atoms with E-state index in [-0.39, 0.29) is 12.2 Å². The Morgan fingerprint density at radius 1 is 1.35 bits per heavy atom. The highest BCUT2D eigenvalue weighted by molar-refractivity contribution is 5.43. The first-order chi connectivity index (χ1) is 9.69. The van der Waals surface area contributed by atoms with Gasteiger partial charge in [-0.05, 0) is 31.2 Å². The van der Waals surface area contributed by atoms with Gasteiger partial charge in [0.15, 0.2) is 0 Å². The van der Waals surface area contributed by atoms with Crippen LogP contribution >= 0.6 is 0 Å². The first kappa shape index (κ1) is 15.2. The molecule has 1 saturated heterocycles. The first-order valence-electron chi connectivity index (χ1n) is 7.19. The SMILES string of the molecule is CCNC(C)c1ccnc(N2CC(OC)C(OC)C2)c1. The van der Waals surface area contributed by atoms with Crippen molar-refractivity contribution in [1.82, 2.24) is 10.3 Å². The smallest absolute Gasteiger partial charge is 0.128 e. The topological polar surface area (TPSA) is 46.6 Å². The quantitative estimate of drug-likeness (QED) is 0.857. The number of ether oxygens (including phenoxy) is 2. The highest BCUT2D eigenvalue weighted by Crippen LogP contribution is 2.24. The van der Waals surface area contributed by atoms with E-state index in [1.54, 1.807) is 14.2 Å². The van der Waals surface area contributed by atoms with Crippen LogP contribution in [0.15, 0.2) is 18.3 Å². The maximum absolute atomic E-state index is 5.48. The standard InChI is InChI=1S/C15H25N3O2/c1-5-16-11(2)12-6-7-17-15(8-12)18-9-13(19-3)14(10-18)20-4/h6-8,11,13-14,16H,5,9-10H2,1-4H3. The molecule has 3 atom stereocenters. The van der Waals surface area contributed by atoms with Gasteiger partial charge in [-0.2, -0.15) is 0 Å². The number of aromatic nitrogens is 1. The van der Waals surface area contributed by atoms with Crippen molar-refractivity contribution in [2.45, 2.75) is 32.1 Å². The van der Waals surface area contributed by atoms with Crippen LogP contribution in [0.1, 0.15) is 25.5 Å². The zero-order valence-corrected chi connectivity index (χ0v) is 12.8. The maximum Gasteiger partial charge on any atom is 0.128 e. The molecule has 1 N–H and O–H groups in total. The largest absolute Gasteiger partial charge is 0.377 e. The van der Waals surface area contributed by atoms with Crippen LogP contribution in [-0.2, 0) is 9.47 Å². The van der Waals surface area contributed by atoms with Crippen LogP contribution in [0.2, 0.25) is 0 Å². The Kier molecular flexibility index (Phi) is 5.34. The summed E-state index contributed by atoms with van der Waals surface area (Å²) < 4.78 is 11.0. The van der Waals surface area contributed by atoms with E-state index in [1.807, 2.05) is 6.20 Å². The summed E-state index contributed by atoms with van der Waals surface area (Å²) in [5, 5.41) is 3.42. The van der Waals surface area contributed by atoms with Crippen molar-refractivity contribution in [2.75, 3.05) is 38.8 Å². The van der Waals surface area contributed by atoms with E-state index in [9.17, 15) is 0 Å². The predicted molar refractivity (Wildman–Crippen MR) is 80.1 cm³/mol. The summed E-state index contributed by atoms with van der Waals surface area (Å²) in [7, 11) is 3.47. The van der Waals surface area contributed by atoms with E-state index in [0.29, 0.717) is 6.04 Å². The molecular formula is C15H25N3O2. The van der Waals surface area contributed by atoms with Gasteiger partial charge >= 0.3 is 0 Å². The van der Waals surface area contributed by atoms with E-state index in [4.69, 9.17) is 9.47 Å². The third kappa shape index (κ3) is 3.29. The molecule has 0 radical (unpaired) electrons. The minimum absolute atomic E-state index is 0.108. The normalized spacial score (nSPS) is 24.1. The number of nitrogens with zero attached hydrogens (tertiary/aromatic N) is 2. The molecule has 0 spiro atoms. The second-order valence-corrected chi connectivity index (χ2v) is 5.18. The molecule has 2 rings (SSSR count). The van der Waals surface area contributed by atoms with Gasteiger partial charge in [-0.3, -0.25) is 0 Å². The highest BCUT2D eigenvalue weighted by Gasteiger charge is 2.33. The van der Waals surface area contributed by atoms with Gasteiger partial charge in [0.2, 0.25) is 0 Å². The van der Waals surface area contributed by atoms with Gasteiger partial charge in [-0.15, -0.1) is 0 Å². The lowest BCUT2D eigenvalue weighted by molar-refractivity contribution is -0.00461. The van der Waals surface area contributed by atoms with Gasteiger partial charge in [-0.25, -0.2) is 4.98 Å². The van der Waals surface area contributed by atoms with E-state index in [0.717, 1.165) is 25.5 Å². The van der Waals surface area contributed by atoms with Gasteiger partial charge in [0, 0.05) is 39.5 Å². The van der Waals surface area contributed by atoms with E-state index < -0.39 is 0 Å². The molecule has 1 aliphatic rings. The Morgan fingerprint density at radius 3 is 2.55 bits per heavy atom. The monoisotopic (exact) mass is 279 g/mol. The predicted octanol–water partition coefficient (Wildman–Crippen LogP) is 1.60. The molecule has 0 bridgehead atoms. The fourth-order valence-electron chi connectivity index (χ4n) is 2.68. The Bertz CT molecular complexity index is 415. The Labute approximate surface area is 121 Å². The van der Waals surface area contributed by atoms with Gasteiger partial charge in [-0.1, -0.05) is 6.92 Å². The molecule has 5 nitrogen and oxygen atoms in total. The molecule has 5 heteroatoms. The third-order valence-corrected chi connectivity index (χ3v) is 3.92. The van der Waals surface area contributed by atoms with Crippen LogP contribution < -0.4 is 10.2 Å². The first-order valence-corrected chi connectivity index (χ1v) is 7.19. The van der Waals surface area contributed by atoms with Crippen LogP contribution in [0.5, 0.6) is 0 Å². The molecule has 1 aromatic rings. The lowest BCUT2D eigenvalue weighted by Gasteiger charge is -2.19. The summed E-state index contributed by atoms with van der Waals surface area (Å²) in [5.74, 6) is 0.994. The fourth-order valence-corrected chi connectivity index (χ4v) is 2.68. The van der Waals surface area contributed by atoms with Crippen LogP contribution in [0.25, 0.3) is 0 Å². The number of pyridine rings is 1. The molecular weight excluding hydrogens is 254 g/mol. The summed E-state index contributed by atoms with van der Waals surface area (Å²) in [5.41, 5.74) is 1.26. The Morgan fingerprint density at radius 2 is 2.00 bits per heavy atom. The summed E-state index contributed by atoms with van der Waals surface area (Å²) in [4.78, 5) is 6.72. The molecule has 1 aliphatic heterocycles. The molecule has 0 amide bonds. The highest BCUT2D eigenvalue weighted by atomic mass is 16.5. The summed E-state index contributed by atoms with van der Waals surface area (Å²) >= 11 is 0. The molecule has 3 unspecified atom stereocenters. The van der Waals surface area contributed by atoms with Crippen LogP contribution in [-0.4, -0.2) is 51.0 Å². The van der Waals surface area contributed by atoms with Crippen molar-refractivity contribution in [1.29, 1.82) is 0 Å². The second kappa shape index (κ2) is 7.02. The van der Waals surface area contributed by atoms with E-state index in [1.165, 1.54) is 5.56 Å². The molecule has 112 valence electrons. The van der Waals surface area contributed by atoms with Gasteiger partial charge in [0.05, 0.1) is 0 Å². The number of rotatable bonds is 6. The van der Waals surface area contributed by atoms with E-state index >= 15 is 0 Å². The zero-order valence-electron chi connectivity index (χ0n) is 12.8. The Balaban J connectivity index is 2.11. The molecule has 0 saturated carbocycles. The summed E-state index contributed by atoms with van der Waals surface area (Å²) in [6.07, 6.45) is 2.09. The minimum atomic E-state index is 0.108. The molecule has 1 fully saturated rings. The van der Waals surface area contributed by atoms with Crippen molar-refractivity contribution in [2.24, 2.45) is 0 Å². The zero-order chi connectivity index (χ0) is 14.5. The molecule has 0 aliphatic carbocycles. The molecule has 20 heavy (non-hydrogen) atoms. The van der Waals surface area contributed by atoms with Crippen LogP contribution in [0, 0.1) is 0 Å². The van der Waals surface area contributed by atoms with Gasteiger partial charge < -0.3 is 19.7 Å². The minimum Gasteiger partial charge on any atom is -0.377 e. The van der Waals surface area contributed by atoms with E-state index in [2.05, 4.69) is 41.2 Å².